The summed E-state index contributed by atoms with van der Waals surface area (Å²) in [7, 11) is 5.22. The van der Waals surface area contributed by atoms with Crippen molar-refractivity contribution in [2.24, 2.45) is 5.92 Å². The van der Waals surface area contributed by atoms with Gasteiger partial charge in [-0.05, 0) is 18.8 Å². The summed E-state index contributed by atoms with van der Waals surface area (Å²) in [5.41, 5.74) is 0. The maximum Gasteiger partial charge on any atom is 0.107 e. The summed E-state index contributed by atoms with van der Waals surface area (Å²) in [6, 6.07) is 0. The summed E-state index contributed by atoms with van der Waals surface area (Å²) < 4.78 is 16.2. The zero-order valence-corrected chi connectivity index (χ0v) is 10.2. The molecule has 0 bridgehead atoms. The van der Waals surface area contributed by atoms with Gasteiger partial charge in [0.05, 0.1) is 12.7 Å². The van der Waals surface area contributed by atoms with Crippen LogP contribution in [0.4, 0.5) is 0 Å². The molecule has 0 aromatic carbocycles. The van der Waals surface area contributed by atoms with Gasteiger partial charge in [-0.15, -0.1) is 0 Å². The maximum absolute atomic E-state index is 5.59. The highest BCUT2D eigenvalue weighted by molar-refractivity contribution is 4.80. The van der Waals surface area contributed by atoms with Crippen LogP contribution in [-0.2, 0) is 14.2 Å². The number of rotatable bonds is 6. The highest BCUT2D eigenvalue weighted by Gasteiger charge is 2.30. The smallest absolute Gasteiger partial charge is 0.107 e. The summed E-state index contributed by atoms with van der Waals surface area (Å²) in [5, 5.41) is 0. The topological polar surface area (TPSA) is 27.7 Å². The Morgan fingerprint density at radius 3 is 2.13 bits per heavy atom. The van der Waals surface area contributed by atoms with Gasteiger partial charge in [0.1, 0.15) is 6.10 Å². The first kappa shape index (κ1) is 12.9. The normalized spacial score (nSPS) is 22.6. The maximum atomic E-state index is 5.59. The molecule has 1 aliphatic carbocycles. The third-order valence-electron chi connectivity index (χ3n) is 3.39. The lowest BCUT2D eigenvalue weighted by atomic mass is 9.83. The molecular weight excluding hydrogens is 192 g/mol. The first-order chi connectivity index (χ1) is 7.33. The summed E-state index contributed by atoms with van der Waals surface area (Å²) in [5.74, 6) is 0.642. The van der Waals surface area contributed by atoms with E-state index in [1.165, 1.54) is 32.1 Å². The van der Waals surface area contributed by atoms with E-state index in [4.69, 9.17) is 14.2 Å². The molecule has 0 heterocycles. The monoisotopic (exact) mass is 216 g/mol. The Morgan fingerprint density at radius 2 is 1.67 bits per heavy atom. The van der Waals surface area contributed by atoms with Crippen LogP contribution in [0.3, 0.4) is 0 Å². The fourth-order valence-corrected chi connectivity index (χ4v) is 2.57. The number of ether oxygens (including phenoxy) is 3. The second-order valence-corrected chi connectivity index (χ2v) is 4.33. The lowest BCUT2D eigenvalue weighted by Crippen LogP contribution is -2.40. The van der Waals surface area contributed by atoms with Crippen molar-refractivity contribution in [3.05, 3.63) is 0 Å². The first-order valence-electron chi connectivity index (χ1n) is 5.88. The molecule has 0 amide bonds. The van der Waals surface area contributed by atoms with Gasteiger partial charge < -0.3 is 14.2 Å². The van der Waals surface area contributed by atoms with Crippen LogP contribution >= 0.6 is 0 Å². The third kappa shape index (κ3) is 3.74. The molecule has 0 N–H and O–H groups in total. The minimum absolute atomic E-state index is 0.0723. The van der Waals surface area contributed by atoms with Gasteiger partial charge in [0.25, 0.3) is 0 Å². The summed E-state index contributed by atoms with van der Waals surface area (Å²) in [6.07, 6.45) is 6.82. The van der Waals surface area contributed by atoms with Gasteiger partial charge in [0.15, 0.2) is 0 Å². The van der Waals surface area contributed by atoms with E-state index in [0.29, 0.717) is 12.5 Å². The summed E-state index contributed by atoms with van der Waals surface area (Å²) >= 11 is 0. The van der Waals surface area contributed by atoms with E-state index >= 15 is 0 Å². The zero-order valence-electron chi connectivity index (χ0n) is 10.2. The average Bonchev–Trinajstić information content (AvgIpc) is 2.30. The van der Waals surface area contributed by atoms with E-state index in [0.717, 1.165) is 0 Å². The third-order valence-corrected chi connectivity index (χ3v) is 3.39. The minimum Gasteiger partial charge on any atom is -0.382 e. The highest BCUT2D eigenvalue weighted by atomic mass is 16.6. The minimum atomic E-state index is 0.0723. The van der Waals surface area contributed by atoms with Crippen molar-refractivity contribution >= 4 is 0 Å². The second kappa shape index (κ2) is 7.20. The van der Waals surface area contributed by atoms with Crippen LogP contribution in [-0.4, -0.2) is 40.1 Å². The Labute approximate surface area is 93.1 Å². The molecule has 0 spiro atoms. The Balaban J connectivity index is 2.50. The standard InChI is InChI=1S/C12H24O3/c1-13-9-11(14-2)12(15-3)10-7-5-4-6-8-10/h10-12H,4-9H2,1-3H3. The van der Waals surface area contributed by atoms with E-state index in [9.17, 15) is 0 Å². The van der Waals surface area contributed by atoms with E-state index < -0.39 is 0 Å². The predicted octanol–water partition coefficient (Wildman–Crippen LogP) is 2.24. The summed E-state index contributed by atoms with van der Waals surface area (Å²) in [6.45, 7) is 0.617. The molecule has 3 heteroatoms. The molecular formula is C12H24O3. The number of hydrogen-bond donors (Lipinski definition) is 0. The van der Waals surface area contributed by atoms with Crippen LogP contribution < -0.4 is 0 Å². The molecule has 1 fully saturated rings. The fourth-order valence-electron chi connectivity index (χ4n) is 2.57. The van der Waals surface area contributed by atoms with E-state index in [-0.39, 0.29) is 12.2 Å². The van der Waals surface area contributed by atoms with Crippen LogP contribution in [0.1, 0.15) is 32.1 Å². The Hall–Kier alpha value is -0.120. The molecule has 90 valence electrons. The van der Waals surface area contributed by atoms with Gasteiger partial charge in [-0.2, -0.15) is 0 Å². The quantitative estimate of drug-likeness (QED) is 0.681. The van der Waals surface area contributed by atoms with Gasteiger partial charge in [-0.3, -0.25) is 0 Å². The van der Waals surface area contributed by atoms with Gasteiger partial charge in [-0.1, -0.05) is 19.3 Å². The molecule has 1 aliphatic rings. The molecule has 0 saturated heterocycles. The summed E-state index contributed by atoms with van der Waals surface area (Å²) in [4.78, 5) is 0. The van der Waals surface area contributed by atoms with Gasteiger partial charge in [-0.25, -0.2) is 0 Å². The van der Waals surface area contributed by atoms with Crippen LogP contribution in [0.15, 0.2) is 0 Å². The Kier molecular flexibility index (Phi) is 6.22. The predicted molar refractivity (Wildman–Crippen MR) is 60.0 cm³/mol. The number of hydrogen-bond acceptors (Lipinski definition) is 3. The van der Waals surface area contributed by atoms with Crippen molar-refractivity contribution in [2.45, 2.75) is 44.3 Å². The van der Waals surface area contributed by atoms with E-state index in [2.05, 4.69) is 0 Å². The lowest BCUT2D eigenvalue weighted by molar-refractivity contribution is -0.0961. The van der Waals surface area contributed by atoms with Gasteiger partial charge in [0.2, 0.25) is 0 Å². The van der Waals surface area contributed by atoms with Crippen molar-refractivity contribution in [1.29, 1.82) is 0 Å². The second-order valence-electron chi connectivity index (χ2n) is 4.33. The fraction of sp³-hybridized carbons (Fsp3) is 1.00. The van der Waals surface area contributed by atoms with Crippen LogP contribution in [0.25, 0.3) is 0 Å². The number of methoxy groups -OCH3 is 3. The molecule has 0 aromatic heterocycles. The molecule has 3 nitrogen and oxygen atoms in total. The molecule has 15 heavy (non-hydrogen) atoms. The Morgan fingerprint density at radius 1 is 1.00 bits per heavy atom. The molecule has 2 atom stereocenters. The van der Waals surface area contributed by atoms with Gasteiger partial charge >= 0.3 is 0 Å². The molecule has 1 rings (SSSR count). The molecule has 0 aliphatic heterocycles. The SMILES string of the molecule is COCC(OC)C(OC)C1CCCCC1. The molecule has 0 aromatic rings. The van der Waals surface area contributed by atoms with Crippen LogP contribution in [0.5, 0.6) is 0 Å². The van der Waals surface area contributed by atoms with Crippen molar-refractivity contribution in [1.82, 2.24) is 0 Å². The highest BCUT2D eigenvalue weighted by Crippen LogP contribution is 2.29. The van der Waals surface area contributed by atoms with Crippen molar-refractivity contribution in [3.63, 3.8) is 0 Å². The van der Waals surface area contributed by atoms with Crippen molar-refractivity contribution in [3.8, 4) is 0 Å². The van der Waals surface area contributed by atoms with Crippen LogP contribution in [0.2, 0.25) is 0 Å². The van der Waals surface area contributed by atoms with Gasteiger partial charge in [0, 0.05) is 21.3 Å². The molecule has 1 saturated carbocycles. The Bertz CT molecular complexity index is 150. The van der Waals surface area contributed by atoms with Crippen LogP contribution in [0, 0.1) is 5.92 Å². The lowest BCUT2D eigenvalue weighted by Gasteiger charge is -2.33. The average molecular weight is 216 g/mol. The van der Waals surface area contributed by atoms with Crippen molar-refractivity contribution in [2.75, 3.05) is 27.9 Å². The van der Waals surface area contributed by atoms with E-state index in [1.807, 2.05) is 0 Å². The van der Waals surface area contributed by atoms with Crippen molar-refractivity contribution < 1.29 is 14.2 Å². The largest absolute Gasteiger partial charge is 0.382 e. The molecule has 0 radical (unpaired) electrons. The van der Waals surface area contributed by atoms with E-state index in [1.54, 1.807) is 21.3 Å². The zero-order chi connectivity index (χ0) is 11.1. The first-order valence-corrected chi connectivity index (χ1v) is 5.88. The molecule has 2 unspecified atom stereocenters.